The molecule has 0 aliphatic rings. The van der Waals surface area contributed by atoms with Gasteiger partial charge >= 0.3 is 5.97 Å². The first kappa shape index (κ1) is 10.5. The third kappa shape index (κ3) is 2.00. The maximum atomic E-state index is 11.5. The second-order valence-electron chi connectivity index (χ2n) is 2.83. The second-order valence-corrected chi connectivity index (χ2v) is 2.83. The number of furan rings is 1. The van der Waals surface area contributed by atoms with Crippen LogP contribution in [-0.4, -0.2) is 29.9 Å². The van der Waals surface area contributed by atoms with Crippen LogP contribution in [0.15, 0.2) is 16.5 Å². The van der Waals surface area contributed by atoms with Crippen molar-refractivity contribution in [2.45, 2.75) is 13.0 Å². The number of carboxylic acids is 1. The van der Waals surface area contributed by atoms with E-state index in [2.05, 4.69) is 5.32 Å². The first-order valence-corrected chi connectivity index (χ1v) is 4.07. The minimum Gasteiger partial charge on any atom is -0.480 e. The maximum absolute atomic E-state index is 11.5. The lowest BCUT2D eigenvalue weighted by Crippen LogP contribution is -2.41. The van der Waals surface area contributed by atoms with Crippen LogP contribution in [0.1, 0.15) is 16.3 Å². The van der Waals surface area contributed by atoms with Gasteiger partial charge in [0.05, 0.1) is 0 Å². The van der Waals surface area contributed by atoms with E-state index in [1.807, 2.05) is 0 Å². The predicted molar refractivity (Wildman–Crippen MR) is 48.3 cm³/mol. The van der Waals surface area contributed by atoms with Crippen molar-refractivity contribution in [3.05, 3.63) is 23.7 Å². The van der Waals surface area contributed by atoms with Crippen LogP contribution in [0.25, 0.3) is 0 Å². The number of aliphatic carboxylic acids is 1. The maximum Gasteiger partial charge on any atom is 0.328 e. The molecule has 5 nitrogen and oxygen atoms in total. The van der Waals surface area contributed by atoms with Crippen molar-refractivity contribution in [3.63, 3.8) is 0 Å². The van der Waals surface area contributed by atoms with Crippen molar-refractivity contribution in [3.8, 4) is 0 Å². The van der Waals surface area contributed by atoms with E-state index < -0.39 is 17.8 Å². The fraction of sp³-hybridized carbons (Fsp3) is 0.333. The van der Waals surface area contributed by atoms with Gasteiger partial charge in [-0.05, 0) is 26.1 Å². The van der Waals surface area contributed by atoms with E-state index in [1.54, 1.807) is 13.0 Å². The van der Waals surface area contributed by atoms with Crippen LogP contribution < -0.4 is 5.32 Å². The van der Waals surface area contributed by atoms with Gasteiger partial charge in [-0.3, -0.25) is 9.59 Å². The molecule has 1 aromatic rings. The molecule has 0 aliphatic heterocycles. The third-order valence-corrected chi connectivity index (χ3v) is 1.78. The summed E-state index contributed by atoms with van der Waals surface area (Å²) in [6.45, 7) is 1.69. The molecule has 0 bridgehead atoms. The Morgan fingerprint density at radius 3 is 2.50 bits per heavy atom. The molecular weight excluding hydrogens is 186 g/mol. The monoisotopic (exact) mass is 197 g/mol. The lowest BCUT2D eigenvalue weighted by atomic mass is 10.1. The Morgan fingerprint density at radius 1 is 1.50 bits per heavy atom. The normalized spacial score (nSPS) is 12.4. The zero-order chi connectivity index (χ0) is 10.7. The molecule has 0 aliphatic carbocycles. The van der Waals surface area contributed by atoms with Gasteiger partial charge in [-0.25, -0.2) is 0 Å². The topological polar surface area (TPSA) is 79.5 Å². The van der Waals surface area contributed by atoms with Crippen LogP contribution >= 0.6 is 0 Å². The lowest BCUT2D eigenvalue weighted by molar-refractivity contribution is -0.137. The first-order valence-electron chi connectivity index (χ1n) is 4.07. The zero-order valence-electron chi connectivity index (χ0n) is 7.90. The molecule has 0 aromatic carbocycles. The molecule has 14 heavy (non-hydrogen) atoms. The van der Waals surface area contributed by atoms with Gasteiger partial charge in [-0.1, -0.05) is 0 Å². The summed E-state index contributed by atoms with van der Waals surface area (Å²) in [5.41, 5.74) is 0. The van der Waals surface area contributed by atoms with Gasteiger partial charge in [-0.2, -0.15) is 0 Å². The molecule has 1 rings (SSSR count). The molecule has 0 spiro atoms. The summed E-state index contributed by atoms with van der Waals surface area (Å²) in [5, 5.41) is 11.1. The Morgan fingerprint density at radius 2 is 2.14 bits per heavy atom. The fourth-order valence-corrected chi connectivity index (χ4v) is 1.08. The summed E-state index contributed by atoms with van der Waals surface area (Å²) in [4.78, 5) is 22.1. The molecule has 1 aromatic heterocycles. The summed E-state index contributed by atoms with van der Waals surface area (Å²) in [7, 11) is 1.41. The Hall–Kier alpha value is -1.62. The highest BCUT2D eigenvalue weighted by Gasteiger charge is 2.27. The van der Waals surface area contributed by atoms with E-state index in [1.165, 1.54) is 13.1 Å². The number of carbonyl (C=O) groups excluding carboxylic acids is 1. The van der Waals surface area contributed by atoms with E-state index in [0.717, 1.165) is 0 Å². The zero-order valence-corrected chi connectivity index (χ0v) is 7.90. The minimum absolute atomic E-state index is 0.0595. The summed E-state index contributed by atoms with van der Waals surface area (Å²) in [5.74, 6) is -1.16. The van der Waals surface area contributed by atoms with E-state index >= 15 is 0 Å². The average Bonchev–Trinajstić information content (AvgIpc) is 2.52. The molecule has 0 saturated carbocycles. The summed E-state index contributed by atoms with van der Waals surface area (Å²) in [6, 6.07) is 1.83. The molecular formula is C9H11NO4. The molecule has 0 amide bonds. The van der Waals surface area contributed by atoms with Gasteiger partial charge in [0, 0.05) is 0 Å². The van der Waals surface area contributed by atoms with Gasteiger partial charge in [0.2, 0.25) is 5.78 Å². The Bertz CT molecular complexity index is 355. The van der Waals surface area contributed by atoms with Gasteiger partial charge in [-0.15, -0.1) is 0 Å². The summed E-state index contributed by atoms with van der Waals surface area (Å²) < 4.78 is 5.03. The number of nitrogens with one attached hydrogen (secondary N) is 1. The van der Waals surface area contributed by atoms with Crippen LogP contribution in [0.3, 0.4) is 0 Å². The number of hydrogen-bond acceptors (Lipinski definition) is 4. The molecule has 0 fully saturated rings. The average molecular weight is 197 g/mol. The first-order chi connectivity index (χ1) is 6.56. The minimum atomic E-state index is -1.25. The summed E-state index contributed by atoms with van der Waals surface area (Å²) >= 11 is 0. The van der Waals surface area contributed by atoms with Crippen molar-refractivity contribution in [2.75, 3.05) is 7.05 Å². The molecule has 2 N–H and O–H groups in total. The van der Waals surface area contributed by atoms with E-state index in [0.29, 0.717) is 5.76 Å². The van der Waals surface area contributed by atoms with Crippen molar-refractivity contribution in [2.24, 2.45) is 0 Å². The Kier molecular flexibility index (Phi) is 3.03. The molecule has 0 radical (unpaired) electrons. The quantitative estimate of drug-likeness (QED) is 0.541. The number of Topliss-reactive ketones (excluding diaryl/α,β-unsaturated/α-hetero) is 1. The lowest BCUT2D eigenvalue weighted by Gasteiger charge is -2.06. The number of carboxylic acid groups (broad SMARTS) is 1. The van der Waals surface area contributed by atoms with Gasteiger partial charge in [0.1, 0.15) is 5.76 Å². The number of rotatable bonds is 4. The van der Waals surface area contributed by atoms with Crippen molar-refractivity contribution < 1.29 is 19.1 Å². The van der Waals surface area contributed by atoms with Gasteiger partial charge in [0.25, 0.3) is 0 Å². The van der Waals surface area contributed by atoms with E-state index in [9.17, 15) is 9.59 Å². The highest BCUT2D eigenvalue weighted by molar-refractivity contribution is 6.10. The Labute approximate surface area is 80.7 Å². The molecule has 76 valence electrons. The van der Waals surface area contributed by atoms with Crippen LogP contribution in [0, 0.1) is 6.92 Å². The van der Waals surface area contributed by atoms with Gasteiger partial charge < -0.3 is 14.8 Å². The fourth-order valence-electron chi connectivity index (χ4n) is 1.08. The highest BCUT2D eigenvalue weighted by Crippen LogP contribution is 2.09. The van der Waals surface area contributed by atoms with Crippen molar-refractivity contribution >= 4 is 11.8 Å². The van der Waals surface area contributed by atoms with Crippen LogP contribution in [0.2, 0.25) is 0 Å². The van der Waals surface area contributed by atoms with Crippen molar-refractivity contribution in [1.82, 2.24) is 5.32 Å². The molecule has 1 heterocycles. The van der Waals surface area contributed by atoms with E-state index in [-0.39, 0.29) is 5.76 Å². The molecule has 1 atom stereocenters. The smallest absolute Gasteiger partial charge is 0.328 e. The van der Waals surface area contributed by atoms with Crippen LogP contribution in [-0.2, 0) is 4.79 Å². The highest BCUT2D eigenvalue weighted by atomic mass is 16.4. The molecule has 1 unspecified atom stereocenters. The molecule has 0 saturated heterocycles. The van der Waals surface area contributed by atoms with Crippen LogP contribution in [0.4, 0.5) is 0 Å². The number of likely N-dealkylation sites (N-methyl/N-ethyl adjacent to an activating group) is 1. The Balaban J connectivity index is 2.88. The van der Waals surface area contributed by atoms with Gasteiger partial charge in [0.15, 0.2) is 11.8 Å². The number of aryl methyl sites for hydroxylation is 1. The largest absolute Gasteiger partial charge is 0.480 e. The molecule has 5 heteroatoms. The van der Waals surface area contributed by atoms with E-state index in [4.69, 9.17) is 9.52 Å². The number of ketones is 1. The summed E-state index contributed by atoms with van der Waals surface area (Å²) in [6.07, 6.45) is 0. The van der Waals surface area contributed by atoms with Crippen LogP contribution in [0.5, 0.6) is 0 Å². The number of carbonyl (C=O) groups is 2. The van der Waals surface area contributed by atoms with Crippen molar-refractivity contribution in [1.29, 1.82) is 0 Å². The number of hydrogen-bond donors (Lipinski definition) is 2. The third-order valence-electron chi connectivity index (χ3n) is 1.78. The SMILES string of the molecule is CNC(C(=O)O)C(=O)c1ccc(C)o1. The standard InChI is InChI=1S/C9H11NO4/c1-5-3-4-6(14-5)8(11)7(10-2)9(12)13/h3-4,7,10H,1-2H3,(H,12,13). The second kappa shape index (κ2) is 4.06. The predicted octanol–water partition coefficient (Wildman–Crippen LogP) is 0.443.